The zero-order valence-corrected chi connectivity index (χ0v) is 17.6. The summed E-state index contributed by atoms with van der Waals surface area (Å²) in [4.78, 5) is 20.3. The number of carbonyl (C=O) groups is 1. The van der Waals surface area contributed by atoms with E-state index in [1.807, 2.05) is 55.5 Å². The molecule has 0 fully saturated rings. The molecule has 2 aromatic carbocycles. The van der Waals surface area contributed by atoms with E-state index < -0.39 is 5.97 Å². The number of aliphatic carboxylic acids is 1. The number of aromatic amines is 1. The van der Waals surface area contributed by atoms with Gasteiger partial charge in [0.05, 0.1) is 24.1 Å². The summed E-state index contributed by atoms with van der Waals surface area (Å²) in [6.45, 7) is 1.86. The summed E-state index contributed by atoms with van der Waals surface area (Å²) < 4.78 is 5.51. The number of hydrogen-bond donors (Lipinski definition) is 3. The van der Waals surface area contributed by atoms with Crippen LogP contribution in [0, 0.1) is 6.92 Å². The number of aryl methyl sites for hydroxylation is 1. The molecule has 0 aliphatic rings. The van der Waals surface area contributed by atoms with Crippen LogP contribution in [0.4, 0.5) is 5.69 Å². The second kappa shape index (κ2) is 9.02. The van der Waals surface area contributed by atoms with Crippen molar-refractivity contribution in [3.05, 3.63) is 54.3 Å². The topological polar surface area (TPSA) is 126 Å². The number of H-pyrrole nitrogens is 1. The van der Waals surface area contributed by atoms with E-state index in [2.05, 4.69) is 25.8 Å². The fourth-order valence-electron chi connectivity index (χ4n) is 3.16. The molecule has 0 spiro atoms. The molecule has 0 bridgehead atoms. The molecular formula is C21H19N5O4S. The molecule has 2 heterocycles. The Kier molecular flexibility index (Phi) is 6.01. The molecule has 0 saturated carbocycles. The molecule has 31 heavy (non-hydrogen) atoms. The standard InChI is InChI=1S/C21H19N5O4S/c1-12-18(19(26-30-12)13-6-4-3-5-7-13)14-8-15(10-16(9-14)25-29-2)20-22-21(24-23-20)31-11-17(27)28/h3-10,25H,11H2,1-2H3,(H,27,28)(H,22,23,24). The van der Waals surface area contributed by atoms with E-state index >= 15 is 0 Å². The SMILES string of the molecule is CONc1cc(-c2nc(SCC(=O)O)n[nH]2)cc(-c2c(-c3ccccc3)noc2C)c1. The Morgan fingerprint density at radius 2 is 1.97 bits per heavy atom. The lowest BCUT2D eigenvalue weighted by Crippen LogP contribution is -1.98. The van der Waals surface area contributed by atoms with Crippen molar-refractivity contribution in [3.63, 3.8) is 0 Å². The number of aromatic nitrogens is 4. The largest absolute Gasteiger partial charge is 0.481 e. The van der Waals surface area contributed by atoms with E-state index in [4.69, 9.17) is 14.5 Å². The molecule has 0 atom stereocenters. The molecule has 4 rings (SSSR count). The fraction of sp³-hybridized carbons (Fsp3) is 0.143. The van der Waals surface area contributed by atoms with Crippen molar-refractivity contribution in [2.45, 2.75) is 12.1 Å². The minimum Gasteiger partial charge on any atom is -0.481 e. The van der Waals surface area contributed by atoms with Crippen molar-refractivity contribution in [3.8, 4) is 33.8 Å². The van der Waals surface area contributed by atoms with Crippen LogP contribution < -0.4 is 5.48 Å². The van der Waals surface area contributed by atoms with Gasteiger partial charge in [0.2, 0.25) is 5.16 Å². The predicted molar refractivity (Wildman–Crippen MR) is 116 cm³/mol. The Bertz CT molecular complexity index is 1210. The Morgan fingerprint density at radius 3 is 2.71 bits per heavy atom. The quantitative estimate of drug-likeness (QED) is 0.274. The number of carboxylic acids is 1. The molecular weight excluding hydrogens is 418 g/mol. The third-order valence-electron chi connectivity index (χ3n) is 4.41. The summed E-state index contributed by atoms with van der Waals surface area (Å²) in [6.07, 6.45) is 0. The van der Waals surface area contributed by atoms with Gasteiger partial charge < -0.3 is 9.63 Å². The highest BCUT2D eigenvalue weighted by molar-refractivity contribution is 7.99. The first-order valence-electron chi connectivity index (χ1n) is 9.28. The summed E-state index contributed by atoms with van der Waals surface area (Å²) in [5, 5.41) is 20.4. The van der Waals surface area contributed by atoms with E-state index in [-0.39, 0.29) is 5.75 Å². The van der Waals surface area contributed by atoms with E-state index in [1.165, 1.54) is 7.11 Å². The maximum absolute atomic E-state index is 10.8. The van der Waals surface area contributed by atoms with E-state index in [0.29, 0.717) is 22.4 Å². The first kappa shape index (κ1) is 20.6. The first-order valence-corrected chi connectivity index (χ1v) is 10.3. The summed E-state index contributed by atoms with van der Waals surface area (Å²) in [5.41, 5.74) is 7.67. The van der Waals surface area contributed by atoms with Crippen molar-refractivity contribution in [2.75, 3.05) is 18.3 Å². The molecule has 0 radical (unpaired) electrons. The van der Waals surface area contributed by atoms with Gasteiger partial charge in [-0.15, -0.1) is 5.10 Å². The third-order valence-corrected chi connectivity index (χ3v) is 5.25. The number of nitrogens with one attached hydrogen (secondary N) is 2. The van der Waals surface area contributed by atoms with Gasteiger partial charge in [0.15, 0.2) is 5.82 Å². The molecule has 0 unspecified atom stereocenters. The molecule has 0 saturated heterocycles. The number of anilines is 1. The molecule has 0 amide bonds. The monoisotopic (exact) mass is 437 g/mol. The lowest BCUT2D eigenvalue weighted by Gasteiger charge is -2.10. The van der Waals surface area contributed by atoms with Gasteiger partial charge >= 0.3 is 5.97 Å². The molecule has 2 aromatic heterocycles. The summed E-state index contributed by atoms with van der Waals surface area (Å²) in [5.74, 6) is 0.133. The number of hydrogen-bond acceptors (Lipinski definition) is 8. The van der Waals surface area contributed by atoms with E-state index in [9.17, 15) is 4.79 Å². The molecule has 3 N–H and O–H groups in total. The smallest absolute Gasteiger partial charge is 0.313 e. The minimum absolute atomic E-state index is 0.117. The van der Waals surface area contributed by atoms with Gasteiger partial charge in [-0.1, -0.05) is 47.3 Å². The second-order valence-corrected chi connectivity index (χ2v) is 7.53. The summed E-state index contributed by atoms with van der Waals surface area (Å²) in [7, 11) is 1.53. The normalized spacial score (nSPS) is 10.9. The Labute approximate surface area is 181 Å². The van der Waals surface area contributed by atoms with Gasteiger partial charge in [0.1, 0.15) is 11.5 Å². The van der Waals surface area contributed by atoms with Crippen molar-refractivity contribution in [2.24, 2.45) is 0 Å². The first-order chi connectivity index (χ1) is 15.0. The number of thioether (sulfide) groups is 1. The molecule has 10 heteroatoms. The molecule has 0 aliphatic heterocycles. The van der Waals surface area contributed by atoms with Gasteiger partial charge in [-0.05, 0) is 30.7 Å². The van der Waals surface area contributed by atoms with Crippen molar-refractivity contribution < 1.29 is 19.3 Å². The van der Waals surface area contributed by atoms with Crippen LogP contribution in [-0.2, 0) is 9.63 Å². The van der Waals surface area contributed by atoms with Crippen molar-refractivity contribution in [1.29, 1.82) is 0 Å². The highest BCUT2D eigenvalue weighted by atomic mass is 32.2. The van der Waals surface area contributed by atoms with Gasteiger partial charge in [-0.2, -0.15) is 0 Å². The lowest BCUT2D eigenvalue weighted by atomic mass is 9.97. The number of benzene rings is 2. The van der Waals surface area contributed by atoms with Crippen LogP contribution in [0.5, 0.6) is 0 Å². The average molecular weight is 437 g/mol. The maximum Gasteiger partial charge on any atom is 0.313 e. The molecule has 0 aliphatic carbocycles. The van der Waals surface area contributed by atoms with Gasteiger partial charge in [0, 0.05) is 11.1 Å². The number of carboxylic acid groups (broad SMARTS) is 1. The van der Waals surface area contributed by atoms with E-state index in [1.54, 1.807) is 0 Å². The minimum atomic E-state index is -0.929. The zero-order chi connectivity index (χ0) is 21.8. The second-order valence-electron chi connectivity index (χ2n) is 6.58. The van der Waals surface area contributed by atoms with Gasteiger partial charge in [0.25, 0.3) is 0 Å². The van der Waals surface area contributed by atoms with Crippen LogP contribution in [0.15, 0.2) is 58.2 Å². The van der Waals surface area contributed by atoms with Crippen LogP contribution in [0.3, 0.4) is 0 Å². The van der Waals surface area contributed by atoms with Gasteiger partial charge in [-0.3, -0.25) is 20.2 Å². The van der Waals surface area contributed by atoms with Crippen LogP contribution in [0.25, 0.3) is 33.8 Å². The molecule has 4 aromatic rings. The Morgan fingerprint density at radius 1 is 1.19 bits per heavy atom. The summed E-state index contributed by atoms with van der Waals surface area (Å²) >= 11 is 1.04. The Balaban J connectivity index is 1.78. The van der Waals surface area contributed by atoms with Crippen LogP contribution in [0.2, 0.25) is 0 Å². The zero-order valence-electron chi connectivity index (χ0n) is 16.7. The summed E-state index contributed by atoms with van der Waals surface area (Å²) in [6, 6.07) is 15.5. The third kappa shape index (κ3) is 4.60. The average Bonchev–Trinajstić information content (AvgIpc) is 3.40. The number of nitrogens with zero attached hydrogens (tertiary/aromatic N) is 3. The predicted octanol–water partition coefficient (Wildman–Crippen LogP) is 4.25. The van der Waals surface area contributed by atoms with E-state index in [0.717, 1.165) is 39.7 Å². The number of rotatable bonds is 8. The molecule has 9 nitrogen and oxygen atoms in total. The van der Waals surface area contributed by atoms with Crippen molar-refractivity contribution >= 4 is 23.4 Å². The van der Waals surface area contributed by atoms with Crippen molar-refractivity contribution in [1.82, 2.24) is 20.3 Å². The maximum atomic E-state index is 10.8. The van der Waals surface area contributed by atoms with Gasteiger partial charge in [-0.25, -0.2) is 4.98 Å². The van der Waals surface area contributed by atoms with Crippen LogP contribution in [0.1, 0.15) is 5.76 Å². The highest BCUT2D eigenvalue weighted by Gasteiger charge is 2.19. The Hall–Kier alpha value is -3.63. The van der Waals surface area contributed by atoms with Crippen LogP contribution >= 0.6 is 11.8 Å². The highest BCUT2D eigenvalue weighted by Crippen LogP contribution is 2.37. The van der Waals surface area contributed by atoms with Crippen LogP contribution in [-0.4, -0.2) is 44.3 Å². The molecule has 158 valence electrons. The lowest BCUT2D eigenvalue weighted by molar-refractivity contribution is -0.133. The fourth-order valence-corrected chi connectivity index (χ4v) is 3.68.